The number of hydrogen-bond donors (Lipinski definition) is 0. The Bertz CT molecular complexity index is 1100. The second-order valence-electron chi connectivity index (χ2n) is 7.96. The van der Waals surface area contributed by atoms with Gasteiger partial charge in [-0.15, -0.1) is 11.3 Å². The Morgan fingerprint density at radius 3 is 2.96 bits per heavy atom. The molecule has 1 fully saturated rings. The van der Waals surface area contributed by atoms with E-state index in [1.165, 1.54) is 16.0 Å². The van der Waals surface area contributed by atoms with Gasteiger partial charge < -0.3 is 4.90 Å². The summed E-state index contributed by atoms with van der Waals surface area (Å²) in [6.07, 6.45) is 3.65. The van der Waals surface area contributed by atoms with E-state index >= 15 is 0 Å². The van der Waals surface area contributed by atoms with Crippen LogP contribution in [0.25, 0.3) is 10.2 Å². The number of aromatic nitrogens is 1. The van der Waals surface area contributed by atoms with Gasteiger partial charge in [-0.2, -0.15) is 0 Å². The molecule has 0 unspecified atom stereocenters. The maximum absolute atomic E-state index is 12.2. The molecule has 0 radical (unpaired) electrons. The molecule has 6 heteroatoms. The average Bonchev–Trinajstić information content (AvgIpc) is 3.09. The largest absolute Gasteiger partial charge is 0.342 e. The molecular weight excluding hydrogens is 408 g/mol. The molecule has 1 aliphatic carbocycles. The Hall–Kier alpha value is -1.56. The van der Waals surface area contributed by atoms with Crippen LogP contribution in [0.3, 0.4) is 0 Å². The number of rotatable bonds is 2. The number of nitrogens with zero attached hydrogens (tertiary/aromatic N) is 2. The molecule has 5 rings (SSSR count). The predicted octanol–water partition coefficient (Wildman–Crippen LogP) is 5.93. The number of fused-ring (bicyclic) bond motifs is 4. The van der Waals surface area contributed by atoms with E-state index in [1.54, 1.807) is 23.1 Å². The fourth-order valence-corrected chi connectivity index (χ4v) is 7.26. The first kappa shape index (κ1) is 18.5. The minimum Gasteiger partial charge on any atom is -0.342 e. The molecule has 1 aliphatic heterocycles. The number of likely N-dealkylation sites (tertiary alicyclic amines) is 1. The van der Waals surface area contributed by atoms with Gasteiger partial charge in [0.05, 0.1) is 9.72 Å². The lowest BCUT2D eigenvalue weighted by atomic mass is 9.63. The van der Waals surface area contributed by atoms with Crippen LogP contribution in [0.4, 0.5) is 0 Å². The Morgan fingerprint density at radius 2 is 2.14 bits per heavy atom. The predicted molar refractivity (Wildman–Crippen MR) is 117 cm³/mol. The van der Waals surface area contributed by atoms with Crippen molar-refractivity contribution in [1.82, 2.24) is 9.88 Å². The molecule has 28 heavy (non-hydrogen) atoms. The summed E-state index contributed by atoms with van der Waals surface area (Å²) in [6.45, 7) is 2.33. The number of likely N-dealkylation sites (N-methyl/N-ethyl adjacent to an activating group) is 1. The molecule has 1 aromatic heterocycles. The van der Waals surface area contributed by atoms with Gasteiger partial charge in [0.25, 0.3) is 0 Å². The summed E-state index contributed by atoms with van der Waals surface area (Å²) in [5, 5.41) is 0.709. The molecule has 0 bridgehead atoms. The number of aryl methyl sites for hydroxylation is 1. The second-order valence-corrected chi connectivity index (χ2v) is 10.7. The summed E-state index contributed by atoms with van der Waals surface area (Å²) in [5.74, 6) is 0.285. The molecule has 2 atom stereocenters. The van der Waals surface area contributed by atoms with Gasteiger partial charge in [-0.25, -0.2) is 4.98 Å². The highest BCUT2D eigenvalue weighted by Crippen LogP contribution is 2.47. The Kier molecular flexibility index (Phi) is 4.45. The molecule has 1 amide bonds. The quantitative estimate of drug-likeness (QED) is 0.507. The van der Waals surface area contributed by atoms with E-state index in [2.05, 4.69) is 31.2 Å². The van der Waals surface area contributed by atoms with Crippen molar-refractivity contribution in [3.63, 3.8) is 0 Å². The van der Waals surface area contributed by atoms with Crippen LogP contribution in [0.2, 0.25) is 5.02 Å². The smallest absolute Gasteiger partial charge is 0.222 e. The fraction of sp³-hybridized carbons (Fsp3) is 0.364. The van der Waals surface area contributed by atoms with E-state index in [9.17, 15) is 4.79 Å². The van der Waals surface area contributed by atoms with Gasteiger partial charge in [-0.05, 0) is 54.7 Å². The van der Waals surface area contributed by atoms with Crippen molar-refractivity contribution >= 4 is 50.8 Å². The SMILES string of the molecule is CN1C(=O)CC[C@]2(C)c3ccc(Sc4nc5c(Cl)cccc5s4)cc3CC[C@@H]12. The minimum atomic E-state index is 0.0584. The molecular formula is C22H21ClN2OS2. The lowest BCUT2D eigenvalue weighted by Gasteiger charge is -2.50. The van der Waals surface area contributed by atoms with Crippen LogP contribution >= 0.6 is 34.7 Å². The lowest BCUT2D eigenvalue weighted by Crippen LogP contribution is -2.56. The fourth-order valence-electron chi connectivity index (χ4n) is 4.87. The summed E-state index contributed by atoms with van der Waals surface area (Å²) in [6, 6.07) is 13.1. The number of piperidine rings is 1. The lowest BCUT2D eigenvalue weighted by molar-refractivity contribution is -0.138. The van der Waals surface area contributed by atoms with E-state index in [4.69, 9.17) is 16.6 Å². The normalized spacial score (nSPS) is 24.3. The summed E-state index contributed by atoms with van der Waals surface area (Å²) >= 11 is 9.67. The highest BCUT2D eigenvalue weighted by atomic mass is 35.5. The molecule has 0 spiro atoms. The summed E-state index contributed by atoms with van der Waals surface area (Å²) in [5.41, 5.74) is 3.79. The average molecular weight is 429 g/mol. The van der Waals surface area contributed by atoms with Crippen molar-refractivity contribution in [1.29, 1.82) is 0 Å². The highest BCUT2D eigenvalue weighted by molar-refractivity contribution is 8.01. The van der Waals surface area contributed by atoms with E-state index in [0.29, 0.717) is 17.5 Å². The molecule has 0 saturated carbocycles. The number of hydrogen-bond acceptors (Lipinski definition) is 4. The van der Waals surface area contributed by atoms with E-state index in [0.717, 1.165) is 33.8 Å². The summed E-state index contributed by atoms with van der Waals surface area (Å²) in [4.78, 5) is 20.1. The Labute approximate surface area is 178 Å². The molecule has 2 heterocycles. The number of amides is 1. The van der Waals surface area contributed by atoms with Crippen LogP contribution < -0.4 is 0 Å². The third kappa shape index (κ3) is 2.87. The number of benzene rings is 2. The molecule has 0 N–H and O–H groups in total. The van der Waals surface area contributed by atoms with E-state index in [1.807, 2.05) is 24.1 Å². The van der Waals surface area contributed by atoms with Crippen molar-refractivity contribution in [2.24, 2.45) is 0 Å². The third-order valence-electron chi connectivity index (χ3n) is 6.39. The summed E-state index contributed by atoms with van der Waals surface area (Å²) < 4.78 is 2.14. The second kappa shape index (κ2) is 6.75. The van der Waals surface area contributed by atoms with Gasteiger partial charge in [0.15, 0.2) is 4.34 Å². The van der Waals surface area contributed by atoms with Crippen molar-refractivity contribution in [2.45, 2.75) is 53.3 Å². The van der Waals surface area contributed by atoms with Crippen LogP contribution in [-0.4, -0.2) is 28.9 Å². The summed E-state index contributed by atoms with van der Waals surface area (Å²) in [7, 11) is 1.97. The molecule has 3 nitrogen and oxygen atoms in total. The zero-order chi connectivity index (χ0) is 19.5. The van der Waals surface area contributed by atoms with Crippen LogP contribution in [0, 0.1) is 0 Å². The molecule has 144 valence electrons. The first-order valence-corrected chi connectivity index (χ1v) is 11.6. The number of para-hydroxylation sites is 1. The van der Waals surface area contributed by atoms with Gasteiger partial charge in [-0.1, -0.05) is 42.4 Å². The van der Waals surface area contributed by atoms with Crippen molar-refractivity contribution < 1.29 is 4.79 Å². The number of carbonyl (C=O) groups excluding carboxylic acids is 1. The monoisotopic (exact) mass is 428 g/mol. The molecule has 3 aromatic rings. The van der Waals surface area contributed by atoms with Gasteiger partial charge in [0.2, 0.25) is 5.91 Å². The van der Waals surface area contributed by atoms with Crippen molar-refractivity contribution in [3.8, 4) is 0 Å². The Balaban J connectivity index is 1.46. The maximum atomic E-state index is 12.2. The minimum absolute atomic E-state index is 0.0584. The first-order chi connectivity index (χ1) is 13.5. The number of carbonyl (C=O) groups is 1. The zero-order valence-corrected chi connectivity index (χ0v) is 18.3. The van der Waals surface area contributed by atoms with Crippen LogP contribution in [0.15, 0.2) is 45.6 Å². The van der Waals surface area contributed by atoms with Gasteiger partial charge in [-0.3, -0.25) is 4.79 Å². The number of halogens is 1. The van der Waals surface area contributed by atoms with E-state index in [-0.39, 0.29) is 11.3 Å². The molecule has 2 aromatic carbocycles. The van der Waals surface area contributed by atoms with Gasteiger partial charge >= 0.3 is 0 Å². The van der Waals surface area contributed by atoms with E-state index < -0.39 is 0 Å². The molecule has 1 saturated heterocycles. The third-order valence-corrected chi connectivity index (χ3v) is 8.76. The topological polar surface area (TPSA) is 33.2 Å². The first-order valence-electron chi connectivity index (χ1n) is 9.58. The van der Waals surface area contributed by atoms with Crippen LogP contribution in [-0.2, 0) is 16.6 Å². The maximum Gasteiger partial charge on any atom is 0.222 e. The van der Waals surface area contributed by atoms with Gasteiger partial charge in [0, 0.05) is 29.8 Å². The van der Waals surface area contributed by atoms with Gasteiger partial charge in [0.1, 0.15) is 5.52 Å². The zero-order valence-electron chi connectivity index (χ0n) is 15.9. The number of thiazole rings is 1. The van der Waals surface area contributed by atoms with Crippen LogP contribution in [0.1, 0.15) is 37.3 Å². The Morgan fingerprint density at radius 1 is 1.29 bits per heavy atom. The van der Waals surface area contributed by atoms with Crippen LogP contribution in [0.5, 0.6) is 0 Å². The standard InChI is InChI=1S/C22H21ClN2OS2/c1-22-11-10-19(26)25(2)18(22)9-6-13-12-14(7-8-15(13)22)27-21-24-20-16(23)4-3-5-17(20)28-21/h3-5,7-8,12,18H,6,9-11H2,1-2H3/t18-,22-/m1/s1. The molecule has 2 aliphatic rings. The van der Waals surface area contributed by atoms with Crippen molar-refractivity contribution in [3.05, 3.63) is 52.5 Å². The highest BCUT2D eigenvalue weighted by Gasteiger charge is 2.46. The van der Waals surface area contributed by atoms with Crippen molar-refractivity contribution in [2.75, 3.05) is 7.05 Å².